The van der Waals surface area contributed by atoms with E-state index in [-0.39, 0.29) is 11.9 Å². The first-order valence-corrected chi connectivity index (χ1v) is 6.78. The van der Waals surface area contributed by atoms with Gasteiger partial charge in [0.25, 0.3) is 0 Å². The van der Waals surface area contributed by atoms with E-state index in [2.05, 4.69) is 31.3 Å². The van der Waals surface area contributed by atoms with E-state index in [4.69, 9.17) is 0 Å². The summed E-state index contributed by atoms with van der Waals surface area (Å²) in [5.74, 6) is -0.295. The number of aryl methyl sites for hydroxylation is 2. The van der Waals surface area contributed by atoms with Gasteiger partial charge in [0.05, 0.1) is 22.1 Å². The van der Waals surface area contributed by atoms with Crippen molar-refractivity contribution in [2.24, 2.45) is 7.05 Å². The van der Waals surface area contributed by atoms with Gasteiger partial charge in [-0.25, -0.2) is 4.39 Å². The molecule has 6 heteroatoms. The van der Waals surface area contributed by atoms with Crippen molar-refractivity contribution in [3.63, 3.8) is 0 Å². The largest absolute Gasteiger partial charge is 0.313 e. The minimum atomic E-state index is -0.295. The lowest BCUT2D eigenvalue weighted by Crippen LogP contribution is -2.21. The molecule has 0 spiro atoms. The lowest BCUT2D eigenvalue weighted by atomic mass is 10.0. The Morgan fingerprint density at radius 2 is 2.26 bits per heavy atom. The number of halogens is 2. The maximum Gasteiger partial charge on any atom is 0.146 e. The summed E-state index contributed by atoms with van der Waals surface area (Å²) in [5, 5.41) is 7.49. The summed E-state index contributed by atoms with van der Waals surface area (Å²) in [7, 11) is 3.71. The number of hydrogen-bond acceptors (Lipinski definition) is 3. The van der Waals surface area contributed by atoms with Crippen molar-refractivity contribution in [1.82, 2.24) is 20.1 Å². The zero-order valence-corrected chi connectivity index (χ0v) is 12.7. The van der Waals surface area contributed by atoms with Gasteiger partial charge in [-0.1, -0.05) is 0 Å². The number of nitrogens with zero attached hydrogens (tertiary/aromatic N) is 3. The number of rotatable bonds is 4. The standard InChI is InChI=1S/C13H16BrFN4/c1-8-13(14)12(19(3)18-8)6-11(16-2)9-4-5-17-7-10(9)15/h4-5,7,11,16H,6H2,1-3H3. The number of likely N-dealkylation sites (N-methyl/N-ethyl adjacent to an activating group) is 1. The van der Waals surface area contributed by atoms with Gasteiger partial charge in [-0.3, -0.25) is 9.67 Å². The van der Waals surface area contributed by atoms with E-state index < -0.39 is 0 Å². The van der Waals surface area contributed by atoms with Gasteiger partial charge in [0.1, 0.15) is 5.82 Å². The van der Waals surface area contributed by atoms with Gasteiger partial charge in [-0.2, -0.15) is 5.10 Å². The Morgan fingerprint density at radius 1 is 1.53 bits per heavy atom. The van der Waals surface area contributed by atoms with Crippen molar-refractivity contribution in [2.45, 2.75) is 19.4 Å². The molecule has 2 aromatic heterocycles. The number of aromatic nitrogens is 3. The van der Waals surface area contributed by atoms with Crippen molar-refractivity contribution < 1.29 is 4.39 Å². The summed E-state index contributed by atoms with van der Waals surface area (Å²) in [6.45, 7) is 1.94. The molecule has 102 valence electrons. The van der Waals surface area contributed by atoms with Crippen LogP contribution >= 0.6 is 15.9 Å². The number of pyridine rings is 1. The van der Waals surface area contributed by atoms with E-state index in [9.17, 15) is 4.39 Å². The van der Waals surface area contributed by atoms with Crippen LogP contribution in [-0.2, 0) is 13.5 Å². The molecule has 2 aromatic rings. The molecule has 1 unspecified atom stereocenters. The topological polar surface area (TPSA) is 42.7 Å². The van der Waals surface area contributed by atoms with Crippen LogP contribution < -0.4 is 5.32 Å². The molecule has 4 nitrogen and oxygen atoms in total. The van der Waals surface area contributed by atoms with Crippen molar-refractivity contribution in [2.75, 3.05) is 7.05 Å². The molecule has 0 amide bonds. The third kappa shape index (κ3) is 2.84. The fourth-order valence-electron chi connectivity index (χ4n) is 2.13. The van der Waals surface area contributed by atoms with Crippen LogP contribution in [0.4, 0.5) is 4.39 Å². The summed E-state index contributed by atoms with van der Waals surface area (Å²) in [5.41, 5.74) is 2.58. The first kappa shape index (κ1) is 14.1. The minimum absolute atomic E-state index is 0.117. The van der Waals surface area contributed by atoms with Crippen molar-refractivity contribution >= 4 is 15.9 Å². The van der Waals surface area contributed by atoms with Gasteiger partial charge >= 0.3 is 0 Å². The summed E-state index contributed by atoms with van der Waals surface area (Å²) < 4.78 is 16.6. The molecule has 0 fully saturated rings. The van der Waals surface area contributed by atoms with Crippen LogP contribution in [-0.4, -0.2) is 21.8 Å². The zero-order chi connectivity index (χ0) is 14.0. The Morgan fingerprint density at radius 3 is 2.79 bits per heavy atom. The molecular weight excluding hydrogens is 311 g/mol. The third-order valence-electron chi connectivity index (χ3n) is 3.19. The maximum atomic E-state index is 13.8. The van der Waals surface area contributed by atoms with E-state index >= 15 is 0 Å². The average Bonchev–Trinajstić information content (AvgIpc) is 2.63. The minimum Gasteiger partial charge on any atom is -0.313 e. The highest BCUT2D eigenvalue weighted by Gasteiger charge is 2.19. The monoisotopic (exact) mass is 326 g/mol. The fourth-order valence-corrected chi connectivity index (χ4v) is 2.63. The summed E-state index contributed by atoms with van der Waals surface area (Å²) >= 11 is 3.53. The second kappa shape index (κ2) is 5.79. The van der Waals surface area contributed by atoms with Crippen LogP contribution in [0.3, 0.4) is 0 Å². The van der Waals surface area contributed by atoms with E-state index in [0.29, 0.717) is 12.0 Å². The quantitative estimate of drug-likeness (QED) is 0.938. The molecule has 0 aliphatic rings. The van der Waals surface area contributed by atoms with Gasteiger partial charge in [0, 0.05) is 31.3 Å². The molecule has 0 aromatic carbocycles. The molecule has 2 rings (SSSR count). The number of hydrogen-bond donors (Lipinski definition) is 1. The molecule has 0 aliphatic heterocycles. The summed E-state index contributed by atoms with van der Waals surface area (Å²) in [6.07, 6.45) is 3.49. The van der Waals surface area contributed by atoms with Crippen LogP contribution in [0.5, 0.6) is 0 Å². The molecule has 0 bridgehead atoms. The lowest BCUT2D eigenvalue weighted by molar-refractivity contribution is 0.516. The average molecular weight is 327 g/mol. The highest BCUT2D eigenvalue weighted by molar-refractivity contribution is 9.10. The highest BCUT2D eigenvalue weighted by Crippen LogP contribution is 2.26. The molecule has 1 atom stereocenters. The molecule has 0 aliphatic carbocycles. The second-order valence-electron chi connectivity index (χ2n) is 4.41. The zero-order valence-electron chi connectivity index (χ0n) is 11.1. The Balaban J connectivity index is 2.32. The smallest absolute Gasteiger partial charge is 0.146 e. The van der Waals surface area contributed by atoms with Gasteiger partial charge in [-0.05, 0) is 36.0 Å². The van der Waals surface area contributed by atoms with Crippen LogP contribution in [0.1, 0.15) is 23.0 Å². The Labute approximate surface area is 120 Å². The van der Waals surface area contributed by atoms with Crippen molar-refractivity contribution in [1.29, 1.82) is 0 Å². The van der Waals surface area contributed by atoms with Crippen LogP contribution in [0, 0.1) is 12.7 Å². The van der Waals surface area contributed by atoms with E-state index in [0.717, 1.165) is 15.9 Å². The first-order chi connectivity index (χ1) is 9.04. The highest BCUT2D eigenvalue weighted by atomic mass is 79.9. The van der Waals surface area contributed by atoms with Crippen molar-refractivity contribution in [3.8, 4) is 0 Å². The van der Waals surface area contributed by atoms with Gasteiger partial charge in [0.15, 0.2) is 0 Å². The third-order valence-corrected chi connectivity index (χ3v) is 4.22. The van der Waals surface area contributed by atoms with Crippen LogP contribution in [0.2, 0.25) is 0 Å². The summed E-state index contributed by atoms with van der Waals surface area (Å²) in [6, 6.07) is 1.59. The summed E-state index contributed by atoms with van der Waals surface area (Å²) in [4.78, 5) is 3.78. The van der Waals surface area contributed by atoms with Gasteiger partial charge in [-0.15, -0.1) is 0 Å². The Bertz CT molecular complexity index is 582. The van der Waals surface area contributed by atoms with E-state index in [1.807, 2.05) is 25.7 Å². The lowest BCUT2D eigenvalue weighted by Gasteiger charge is -2.17. The molecule has 0 saturated carbocycles. The fraction of sp³-hybridized carbons (Fsp3) is 0.385. The van der Waals surface area contributed by atoms with Gasteiger partial charge in [0.2, 0.25) is 0 Å². The predicted octanol–water partition coefficient (Wildman–Crippen LogP) is 2.53. The van der Waals surface area contributed by atoms with Crippen molar-refractivity contribution in [3.05, 3.63) is 45.7 Å². The molecule has 0 radical (unpaired) electrons. The first-order valence-electron chi connectivity index (χ1n) is 5.99. The van der Waals surface area contributed by atoms with Crippen LogP contribution in [0.15, 0.2) is 22.9 Å². The molecule has 19 heavy (non-hydrogen) atoms. The Hall–Kier alpha value is -1.27. The number of nitrogens with one attached hydrogen (secondary N) is 1. The normalized spacial score (nSPS) is 12.7. The van der Waals surface area contributed by atoms with E-state index in [1.54, 1.807) is 12.3 Å². The predicted molar refractivity (Wildman–Crippen MR) is 75.3 cm³/mol. The molecule has 2 heterocycles. The van der Waals surface area contributed by atoms with Crippen LogP contribution in [0.25, 0.3) is 0 Å². The Kier molecular flexibility index (Phi) is 4.31. The molecular formula is C13H16BrFN4. The SMILES string of the molecule is CNC(Cc1c(Br)c(C)nn1C)c1ccncc1F. The molecule has 0 saturated heterocycles. The second-order valence-corrected chi connectivity index (χ2v) is 5.21. The maximum absolute atomic E-state index is 13.8. The molecule has 1 N–H and O–H groups in total. The van der Waals surface area contributed by atoms with Gasteiger partial charge < -0.3 is 5.32 Å². The van der Waals surface area contributed by atoms with E-state index in [1.165, 1.54) is 6.20 Å².